The van der Waals surface area contributed by atoms with Gasteiger partial charge in [-0.1, -0.05) is 6.07 Å². The topological polar surface area (TPSA) is 64.5 Å². The molecule has 5 heteroatoms. The highest BCUT2D eigenvalue weighted by Gasteiger charge is 2.06. The summed E-state index contributed by atoms with van der Waals surface area (Å²) < 4.78 is 11.3. The average molecular weight is 324 g/mol. The molecular formula is C19H20N2O3. The van der Waals surface area contributed by atoms with Gasteiger partial charge in [0.15, 0.2) is 0 Å². The second kappa shape index (κ2) is 6.84. The fourth-order valence-corrected chi connectivity index (χ4v) is 2.30. The number of aliphatic hydroxyl groups excluding tert-OH is 1. The molecule has 0 aliphatic rings. The second-order valence-electron chi connectivity index (χ2n) is 5.87. The molecule has 24 heavy (non-hydrogen) atoms. The number of hydrogen-bond donors (Lipinski definition) is 1. The van der Waals surface area contributed by atoms with E-state index in [0.29, 0.717) is 11.6 Å². The van der Waals surface area contributed by atoms with Crippen molar-refractivity contribution < 1.29 is 14.6 Å². The van der Waals surface area contributed by atoms with Gasteiger partial charge in [0, 0.05) is 0 Å². The van der Waals surface area contributed by atoms with Crippen LogP contribution in [0.25, 0.3) is 11.0 Å². The standard InChI is InChI=1S/C19H20N2O3/c1-12(2)23-15-5-7-16(8-6-15)24-19-11-20-18-10-14(13(3)22)4-9-17(18)21-19/h4-13,22H,1-3H3. The van der Waals surface area contributed by atoms with E-state index in [1.54, 1.807) is 13.1 Å². The van der Waals surface area contributed by atoms with E-state index < -0.39 is 6.10 Å². The maximum Gasteiger partial charge on any atom is 0.238 e. The van der Waals surface area contributed by atoms with Crippen LogP contribution in [0.2, 0.25) is 0 Å². The number of aromatic nitrogens is 2. The van der Waals surface area contributed by atoms with E-state index in [2.05, 4.69) is 9.97 Å². The van der Waals surface area contributed by atoms with Crippen molar-refractivity contribution in [3.05, 3.63) is 54.2 Å². The predicted molar refractivity (Wildman–Crippen MR) is 92.5 cm³/mol. The van der Waals surface area contributed by atoms with Gasteiger partial charge in [-0.15, -0.1) is 0 Å². The summed E-state index contributed by atoms with van der Waals surface area (Å²) in [5.74, 6) is 1.89. The predicted octanol–water partition coefficient (Wildman–Crippen LogP) is 4.26. The Bertz CT molecular complexity index is 830. The van der Waals surface area contributed by atoms with Crippen molar-refractivity contribution in [3.8, 4) is 17.4 Å². The highest BCUT2D eigenvalue weighted by molar-refractivity contribution is 5.75. The maximum atomic E-state index is 9.63. The van der Waals surface area contributed by atoms with Gasteiger partial charge in [0.25, 0.3) is 0 Å². The molecule has 1 N–H and O–H groups in total. The Hall–Kier alpha value is -2.66. The van der Waals surface area contributed by atoms with Gasteiger partial charge in [-0.05, 0) is 62.7 Å². The number of ether oxygens (including phenoxy) is 2. The Morgan fingerprint density at radius 3 is 2.29 bits per heavy atom. The van der Waals surface area contributed by atoms with Crippen LogP contribution in [0, 0.1) is 0 Å². The molecule has 1 aromatic heterocycles. The summed E-state index contributed by atoms with van der Waals surface area (Å²) in [5, 5.41) is 9.63. The molecule has 0 fully saturated rings. The van der Waals surface area contributed by atoms with Gasteiger partial charge in [-0.3, -0.25) is 0 Å². The third-order valence-electron chi connectivity index (χ3n) is 3.44. The number of aliphatic hydroxyl groups is 1. The van der Waals surface area contributed by atoms with Crippen molar-refractivity contribution >= 4 is 11.0 Å². The second-order valence-corrected chi connectivity index (χ2v) is 5.87. The van der Waals surface area contributed by atoms with Gasteiger partial charge in [-0.25, -0.2) is 9.97 Å². The summed E-state index contributed by atoms with van der Waals surface area (Å²) in [6.07, 6.45) is 1.18. The molecule has 0 saturated heterocycles. The van der Waals surface area contributed by atoms with Crippen LogP contribution in [0.5, 0.6) is 17.4 Å². The normalized spacial score (nSPS) is 12.4. The molecule has 5 nitrogen and oxygen atoms in total. The average Bonchev–Trinajstić information content (AvgIpc) is 2.55. The molecule has 2 aromatic carbocycles. The molecule has 0 saturated carbocycles. The van der Waals surface area contributed by atoms with Gasteiger partial charge >= 0.3 is 0 Å². The monoisotopic (exact) mass is 324 g/mol. The lowest BCUT2D eigenvalue weighted by atomic mass is 10.1. The summed E-state index contributed by atoms with van der Waals surface area (Å²) in [7, 11) is 0. The summed E-state index contributed by atoms with van der Waals surface area (Å²) in [4.78, 5) is 8.80. The van der Waals surface area contributed by atoms with Gasteiger partial charge < -0.3 is 14.6 Å². The van der Waals surface area contributed by atoms with Crippen LogP contribution < -0.4 is 9.47 Å². The third kappa shape index (κ3) is 3.81. The summed E-state index contributed by atoms with van der Waals surface area (Å²) >= 11 is 0. The molecule has 1 unspecified atom stereocenters. The molecule has 0 amide bonds. The lowest BCUT2D eigenvalue weighted by molar-refractivity contribution is 0.199. The van der Waals surface area contributed by atoms with Gasteiger partial charge in [0.2, 0.25) is 5.88 Å². The summed E-state index contributed by atoms with van der Waals surface area (Å²) in [6, 6.07) is 12.9. The fraction of sp³-hybridized carbons (Fsp3) is 0.263. The van der Waals surface area contributed by atoms with E-state index in [1.807, 2.05) is 56.3 Å². The van der Waals surface area contributed by atoms with Crippen molar-refractivity contribution in [1.82, 2.24) is 9.97 Å². The minimum Gasteiger partial charge on any atom is -0.491 e. The van der Waals surface area contributed by atoms with Crippen LogP contribution in [0.1, 0.15) is 32.4 Å². The van der Waals surface area contributed by atoms with Crippen molar-refractivity contribution in [2.45, 2.75) is 33.0 Å². The van der Waals surface area contributed by atoms with Crippen molar-refractivity contribution in [2.75, 3.05) is 0 Å². The number of benzene rings is 2. The largest absolute Gasteiger partial charge is 0.491 e. The molecule has 0 aliphatic carbocycles. The number of nitrogens with zero attached hydrogens (tertiary/aromatic N) is 2. The first-order valence-corrected chi connectivity index (χ1v) is 7.90. The first kappa shape index (κ1) is 16.2. The van der Waals surface area contributed by atoms with E-state index in [1.165, 1.54) is 0 Å². The zero-order valence-corrected chi connectivity index (χ0v) is 13.9. The van der Waals surface area contributed by atoms with Gasteiger partial charge in [0.1, 0.15) is 11.5 Å². The minimum absolute atomic E-state index is 0.134. The molecule has 1 atom stereocenters. The smallest absolute Gasteiger partial charge is 0.238 e. The molecule has 3 aromatic rings. The van der Waals surface area contributed by atoms with E-state index in [-0.39, 0.29) is 6.10 Å². The summed E-state index contributed by atoms with van der Waals surface area (Å²) in [6.45, 7) is 5.69. The molecular weight excluding hydrogens is 304 g/mol. The Morgan fingerprint density at radius 1 is 0.917 bits per heavy atom. The SMILES string of the molecule is CC(C)Oc1ccc(Oc2cnc3cc(C(C)O)ccc3n2)cc1. The van der Waals surface area contributed by atoms with Gasteiger partial charge in [-0.2, -0.15) is 0 Å². The van der Waals surface area contributed by atoms with Crippen molar-refractivity contribution in [3.63, 3.8) is 0 Å². The third-order valence-corrected chi connectivity index (χ3v) is 3.44. The highest BCUT2D eigenvalue weighted by atomic mass is 16.5. The van der Waals surface area contributed by atoms with E-state index in [4.69, 9.17) is 9.47 Å². The van der Waals surface area contributed by atoms with Crippen LogP contribution in [0.15, 0.2) is 48.7 Å². The number of rotatable bonds is 5. The molecule has 0 bridgehead atoms. The minimum atomic E-state index is -0.529. The molecule has 3 rings (SSSR count). The Kier molecular flexibility index (Phi) is 4.62. The van der Waals surface area contributed by atoms with Crippen molar-refractivity contribution in [1.29, 1.82) is 0 Å². The molecule has 0 aliphatic heterocycles. The van der Waals surface area contributed by atoms with Crippen LogP contribution >= 0.6 is 0 Å². The molecule has 0 radical (unpaired) electrons. The Morgan fingerprint density at radius 2 is 1.62 bits per heavy atom. The van der Waals surface area contributed by atoms with Crippen molar-refractivity contribution in [2.24, 2.45) is 0 Å². The highest BCUT2D eigenvalue weighted by Crippen LogP contribution is 2.25. The van der Waals surface area contributed by atoms with Crippen LogP contribution in [-0.2, 0) is 0 Å². The first-order valence-electron chi connectivity index (χ1n) is 7.90. The lowest BCUT2D eigenvalue weighted by Gasteiger charge is -2.10. The zero-order valence-electron chi connectivity index (χ0n) is 13.9. The molecule has 124 valence electrons. The van der Waals surface area contributed by atoms with E-state index in [9.17, 15) is 5.11 Å². The number of fused-ring (bicyclic) bond motifs is 1. The van der Waals surface area contributed by atoms with Crippen LogP contribution in [0.4, 0.5) is 0 Å². The quantitative estimate of drug-likeness (QED) is 0.759. The molecule has 1 heterocycles. The van der Waals surface area contributed by atoms with Crippen LogP contribution in [0.3, 0.4) is 0 Å². The summed E-state index contributed by atoms with van der Waals surface area (Å²) in [5.41, 5.74) is 2.25. The van der Waals surface area contributed by atoms with E-state index >= 15 is 0 Å². The zero-order chi connectivity index (χ0) is 17.1. The Balaban J connectivity index is 1.78. The van der Waals surface area contributed by atoms with Gasteiger partial charge in [0.05, 0.1) is 29.4 Å². The first-order chi connectivity index (χ1) is 11.5. The van der Waals surface area contributed by atoms with E-state index in [0.717, 1.165) is 22.3 Å². The lowest BCUT2D eigenvalue weighted by Crippen LogP contribution is -2.05. The molecule has 0 spiro atoms. The Labute approximate surface area is 140 Å². The maximum absolute atomic E-state index is 9.63. The van der Waals surface area contributed by atoms with Crippen LogP contribution in [-0.4, -0.2) is 21.2 Å². The fourth-order valence-electron chi connectivity index (χ4n) is 2.30. The number of hydrogen-bond acceptors (Lipinski definition) is 5.